The predicted molar refractivity (Wildman–Crippen MR) is 122 cm³/mol. The van der Waals surface area contributed by atoms with Gasteiger partial charge in [0.15, 0.2) is 0 Å². The van der Waals surface area contributed by atoms with E-state index in [1.807, 2.05) is 105 Å². The molecule has 1 aliphatic rings. The van der Waals surface area contributed by atoms with Crippen LogP contribution in [0.25, 0.3) is 5.69 Å². The van der Waals surface area contributed by atoms with Crippen molar-refractivity contribution in [2.45, 2.75) is 24.9 Å². The van der Waals surface area contributed by atoms with E-state index in [1.165, 1.54) is 4.57 Å². The molecule has 0 aliphatic carbocycles. The average molecular weight is 409 g/mol. The van der Waals surface area contributed by atoms with E-state index < -0.39 is 11.1 Å². The maximum atomic E-state index is 13.8. The molecule has 5 nitrogen and oxygen atoms in total. The monoisotopic (exact) mass is 409 g/mol. The summed E-state index contributed by atoms with van der Waals surface area (Å²) in [6, 6.07) is 28.7. The van der Waals surface area contributed by atoms with Gasteiger partial charge in [-0.25, -0.2) is 23.5 Å². The Balaban J connectivity index is 1.89. The van der Waals surface area contributed by atoms with Crippen molar-refractivity contribution in [1.82, 2.24) is 13.9 Å². The van der Waals surface area contributed by atoms with Crippen LogP contribution in [0.5, 0.6) is 0 Å². The molecule has 0 saturated carbocycles. The third-order valence-electron chi connectivity index (χ3n) is 6.29. The molecule has 2 atom stereocenters. The number of nitrogens with zero attached hydrogens (tertiary/aromatic N) is 3. The zero-order chi connectivity index (χ0) is 21.6. The van der Waals surface area contributed by atoms with Gasteiger partial charge in [0.25, 0.3) is 0 Å². The average Bonchev–Trinajstić information content (AvgIpc) is 3.10. The minimum absolute atomic E-state index is 0.367. The lowest BCUT2D eigenvalue weighted by molar-refractivity contribution is 0.254. The Kier molecular flexibility index (Phi) is 4.22. The van der Waals surface area contributed by atoms with E-state index in [0.717, 1.165) is 11.1 Å². The van der Waals surface area contributed by atoms with Crippen LogP contribution < -0.4 is 11.4 Å². The lowest BCUT2D eigenvalue weighted by Crippen LogP contribution is -2.52. The van der Waals surface area contributed by atoms with E-state index >= 15 is 0 Å². The fourth-order valence-corrected chi connectivity index (χ4v) is 4.51. The molecule has 0 saturated heterocycles. The maximum Gasteiger partial charge on any atom is 0.353 e. The van der Waals surface area contributed by atoms with Gasteiger partial charge >= 0.3 is 11.4 Å². The van der Waals surface area contributed by atoms with E-state index in [4.69, 9.17) is 0 Å². The summed E-state index contributed by atoms with van der Waals surface area (Å²) in [7, 11) is 0. The lowest BCUT2D eigenvalue weighted by atomic mass is 9.84. The molecular weight excluding hydrogens is 386 g/mol. The highest BCUT2D eigenvalue weighted by Gasteiger charge is 2.43. The van der Waals surface area contributed by atoms with Crippen LogP contribution >= 0.6 is 0 Å². The molecular formula is C26H23N3O2. The molecule has 2 heterocycles. The third-order valence-corrected chi connectivity index (χ3v) is 6.29. The first kappa shape index (κ1) is 19.1. The van der Waals surface area contributed by atoms with Gasteiger partial charge in [-0.2, -0.15) is 0 Å². The Morgan fingerprint density at radius 1 is 0.548 bits per heavy atom. The van der Waals surface area contributed by atoms with Crippen molar-refractivity contribution in [1.29, 1.82) is 0 Å². The van der Waals surface area contributed by atoms with Crippen molar-refractivity contribution in [2.75, 3.05) is 0 Å². The highest BCUT2D eigenvalue weighted by molar-refractivity contribution is 5.39. The number of hydrogen-bond donors (Lipinski definition) is 0. The summed E-state index contributed by atoms with van der Waals surface area (Å²) < 4.78 is 4.46. The van der Waals surface area contributed by atoms with Gasteiger partial charge in [-0.15, -0.1) is 0 Å². The largest absolute Gasteiger partial charge is 0.353 e. The fraction of sp³-hybridized carbons (Fsp3) is 0.154. The van der Waals surface area contributed by atoms with Crippen LogP contribution in [0.3, 0.4) is 0 Å². The fourth-order valence-electron chi connectivity index (χ4n) is 4.51. The minimum Gasteiger partial charge on any atom is -0.245 e. The topological polar surface area (TPSA) is 48.9 Å². The number of hydrogen-bond acceptors (Lipinski definition) is 2. The van der Waals surface area contributed by atoms with Crippen molar-refractivity contribution in [2.24, 2.45) is 0 Å². The number of para-hydroxylation sites is 1. The van der Waals surface area contributed by atoms with Gasteiger partial charge < -0.3 is 0 Å². The van der Waals surface area contributed by atoms with Crippen LogP contribution in [0.2, 0.25) is 0 Å². The zero-order valence-corrected chi connectivity index (χ0v) is 17.5. The Labute approximate surface area is 180 Å². The Morgan fingerprint density at radius 2 is 0.903 bits per heavy atom. The normalized spacial score (nSPS) is 22.3. The van der Waals surface area contributed by atoms with Gasteiger partial charge in [-0.3, -0.25) is 0 Å². The quantitative estimate of drug-likeness (QED) is 0.482. The summed E-state index contributed by atoms with van der Waals surface area (Å²) in [5.74, 6) is 0. The summed E-state index contributed by atoms with van der Waals surface area (Å²) >= 11 is 0. The molecule has 3 aromatic carbocycles. The molecule has 0 spiro atoms. The van der Waals surface area contributed by atoms with Gasteiger partial charge in [0.1, 0.15) is 11.1 Å². The second-order valence-electron chi connectivity index (χ2n) is 8.22. The molecule has 5 rings (SSSR count). The van der Waals surface area contributed by atoms with Crippen molar-refractivity contribution in [3.8, 4) is 5.69 Å². The molecule has 0 N–H and O–H groups in total. The molecule has 31 heavy (non-hydrogen) atoms. The zero-order valence-electron chi connectivity index (χ0n) is 17.5. The van der Waals surface area contributed by atoms with Crippen molar-refractivity contribution >= 4 is 0 Å². The lowest BCUT2D eigenvalue weighted by Gasteiger charge is -2.40. The smallest absolute Gasteiger partial charge is 0.245 e. The molecule has 1 aromatic heterocycles. The van der Waals surface area contributed by atoms with E-state index in [1.54, 1.807) is 21.5 Å². The molecule has 154 valence electrons. The van der Waals surface area contributed by atoms with Crippen LogP contribution in [0.1, 0.15) is 25.0 Å². The van der Waals surface area contributed by atoms with Crippen LogP contribution in [-0.4, -0.2) is 13.9 Å². The Morgan fingerprint density at radius 3 is 1.29 bits per heavy atom. The molecule has 0 amide bonds. The van der Waals surface area contributed by atoms with Crippen molar-refractivity contribution in [3.05, 3.63) is 135 Å². The molecule has 0 radical (unpaired) electrons. The summed E-state index contributed by atoms with van der Waals surface area (Å²) in [4.78, 5) is 27.6. The number of benzene rings is 3. The first-order valence-corrected chi connectivity index (χ1v) is 10.3. The molecule has 0 fully saturated rings. The highest BCUT2D eigenvalue weighted by atomic mass is 16.2. The minimum atomic E-state index is -0.814. The van der Waals surface area contributed by atoms with Crippen molar-refractivity contribution < 1.29 is 0 Å². The van der Waals surface area contributed by atoms with Crippen LogP contribution in [0, 0.1) is 0 Å². The molecule has 0 unspecified atom stereocenters. The van der Waals surface area contributed by atoms with Gasteiger partial charge in [-0.05, 0) is 37.1 Å². The summed E-state index contributed by atoms with van der Waals surface area (Å²) in [5.41, 5.74) is 0.0585. The second-order valence-corrected chi connectivity index (χ2v) is 8.22. The third kappa shape index (κ3) is 2.70. The van der Waals surface area contributed by atoms with Gasteiger partial charge in [0.2, 0.25) is 0 Å². The van der Waals surface area contributed by atoms with E-state index in [2.05, 4.69) is 0 Å². The summed E-state index contributed by atoms with van der Waals surface area (Å²) in [6.07, 6.45) is 4.07. The van der Waals surface area contributed by atoms with Crippen LogP contribution in [0.4, 0.5) is 0 Å². The van der Waals surface area contributed by atoms with E-state index in [0.29, 0.717) is 5.69 Å². The second kappa shape index (κ2) is 6.84. The van der Waals surface area contributed by atoms with Crippen molar-refractivity contribution in [3.63, 3.8) is 0 Å². The highest BCUT2D eigenvalue weighted by Crippen LogP contribution is 2.37. The predicted octanol–water partition coefficient (Wildman–Crippen LogP) is 3.90. The maximum absolute atomic E-state index is 13.8. The summed E-state index contributed by atoms with van der Waals surface area (Å²) in [5, 5.41) is 0. The molecule has 0 bridgehead atoms. The number of aromatic nitrogens is 3. The van der Waals surface area contributed by atoms with E-state index in [9.17, 15) is 9.59 Å². The number of allylic oxidation sites excluding steroid dienone is 2. The van der Waals surface area contributed by atoms with Gasteiger partial charge in [-0.1, -0.05) is 91.0 Å². The Hall–Kier alpha value is -3.86. The number of rotatable bonds is 3. The summed E-state index contributed by atoms with van der Waals surface area (Å²) in [6.45, 7) is 3.94. The van der Waals surface area contributed by atoms with Gasteiger partial charge in [0, 0.05) is 0 Å². The molecule has 1 aliphatic heterocycles. The molecule has 5 heteroatoms. The van der Waals surface area contributed by atoms with Gasteiger partial charge in [0.05, 0.1) is 5.69 Å². The van der Waals surface area contributed by atoms with E-state index in [-0.39, 0.29) is 11.4 Å². The first-order chi connectivity index (χ1) is 15.0. The number of fused-ring (bicyclic) bond motifs is 1. The SMILES string of the molecule is C[C@@]1(c2ccccc2)C=C[C@](C)(c2ccccc2)n2c(=O)n(-c3ccccc3)c(=O)n21. The molecule has 4 aromatic rings. The Bertz CT molecular complexity index is 1290. The van der Waals surface area contributed by atoms with Crippen LogP contribution in [-0.2, 0) is 11.1 Å². The standard InChI is InChI=1S/C26H23N3O2/c1-25(20-12-6-3-7-13-20)18-19-26(2,21-14-8-4-9-15-21)29-24(31)27(23(30)28(25)29)22-16-10-5-11-17-22/h3-19H,1-2H3/t25-,26+. The first-order valence-electron chi connectivity index (χ1n) is 10.3. The van der Waals surface area contributed by atoms with Crippen LogP contribution in [0.15, 0.2) is 113 Å².